The first kappa shape index (κ1) is 21.2. The van der Waals surface area contributed by atoms with E-state index in [0.29, 0.717) is 30.5 Å². The Labute approximate surface area is 175 Å². The topological polar surface area (TPSA) is 82.7 Å². The Balaban J connectivity index is 1.68. The summed E-state index contributed by atoms with van der Waals surface area (Å²) in [5.41, 5.74) is 0.756. The molecular weight excluding hydrogens is 384 g/mol. The lowest BCUT2D eigenvalue weighted by Crippen LogP contribution is -2.26. The third kappa shape index (κ3) is 5.11. The lowest BCUT2D eigenvalue weighted by molar-refractivity contribution is 0.0909. The van der Waals surface area contributed by atoms with Crippen molar-refractivity contribution in [1.29, 1.82) is 0 Å². The van der Waals surface area contributed by atoms with Gasteiger partial charge in [0, 0.05) is 12.3 Å². The van der Waals surface area contributed by atoms with Gasteiger partial charge in [-0.2, -0.15) is 0 Å². The number of nitrogens with one attached hydrogen (secondary N) is 1. The lowest BCUT2D eigenvalue weighted by Gasteiger charge is -2.17. The molecule has 2 heterocycles. The smallest absolute Gasteiger partial charge is 0.287 e. The molecule has 0 bridgehead atoms. The Morgan fingerprint density at radius 2 is 1.83 bits per heavy atom. The highest BCUT2D eigenvalue weighted by atomic mass is 16.5. The van der Waals surface area contributed by atoms with Crippen molar-refractivity contribution in [2.45, 2.75) is 33.4 Å². The maximum absolute atomic E-state index is 12.6. The minimum Gasteiger partial charge on any atom is -0.490 e. The summed E-state index contributed by atoms with van der Waals surface area (Å²) < 4.78 is 18.4. The number of benzene rings is 1. The number of aromatic nitrogens is 1. The van der Waals surface area contributed by atoms with Crippen LogP contribution in [0.3, 0.4) is 0 Å². The Morgan fingerprint density at radius 1 is 1.07 bits per heavy atom. The van der Waals surface area contributed by atoms with Crippen molar-refractivity contribution < 1.29 is 18.7 Å². The van der Waals surface area contributed by atoms with Crippen LogP contribution in [-0.4, -0.2) is 23.7 Å². The fraction of sp³-hybridized carbons (Fsp3) is 0.304. The zero-order valence-corrected chi connectivity index (χ0v) is 17.4. The summed E-state index contributed by atoms with van der Waals surface area (Å²) in [6.07, 6.45) is 1.68. The van der Waals surface area contributed by atoms with Gasteiger partial charge >= 0.3 is 0 Å². The van der Waals surface area contributed by atoms with Crippen molar-refractivity contribution >= 4 is 5.91 Å². The molecule has 2 aromatic heterocycles. The molecule has 3 aromatic rings. The molecule has 0 fully saturated rings. The zero-order valence-electron chi connectivity index (χ0n) is 17.4. The summed E-state index contributed by atoms with van der Waals surface area (Å²) in [6.45, 7) is 7.03. The van der Waals surface area contributed by atoms with E-state index >= 15 is 0 Å². The van der Waals surface area contributed by atoms with E-state index in [1.807, 2.05) is 39.0 Å². The predicted octanol–water partition coefficient (Wildman–Crippen LogP) is 3.78. The molecule has 0 saturated carbocycles. The number of rotatable bonds is 9. The van der Waals surface area contributed by atoms with Crippen LogP contribution < -0.4 is 20.3 Å². The van der Waals surface area contributed by atoms with E-state index in [2.05, 4.69) is 5.32 Å². The van der Waals surface area contributed by atoms with Crippen molar-refractivity contribution in [1.82, 2.24) is 9.88 Å². The third-order valence-corrected chi connectivity index (χ3v) is 4.53. The summed E-state index contributed by atoms with van der Waals surface area (Å²) in [4.78, 5) is 24.4. The molecule has 1 N–H and O–H groups in total. The van der Waals surface area contributed by atoms with E-state index < -0.39 is 0 Å². The van der Waals surface area contributed by atoms with Crippen molar-refractivity contribution in [3.8, 4) is 11.5 Å². The van der Waals surface area contributed by atoms with Crippen LogP contribution >= 0.6 is 0 Å². The second-order valence-electron chi connectivity index (χ2n) is 6.70. The van der Waals surface area contributed by atoms with Gasteiger partial charge in [-0.15, -0.1) is 0 Å². The number of furan rings is 1. The van der Waals surface area contributed by atoms with E-state index in [9.17, 15) is 9.59 Å². The minimum absolute atomic E-state index is 0.130. The maximum Gasteiger partial charge on any atom is 0.287 e. The fourth-order valence-electron chi connectivity index (χ4n) is 3.03. The van der Waals surface area contributed by atoms with E-state index in [-0.39, 0.29) is 29.8 Å². The quantitative estimate of drug-likeness (QED) is 0.581. The number of ether oxygens (including phenoxy) is 2. The van der Waals surface area contributed by atoms with Crippen LogP contribution in [0.15, 0.2) is 63.9 Å². The van der Waals surface area contributed by atoms with Crippen LogP contribution in [0.1, 0.15) is 48.7 Å². The molecule has 1 atom stereocenters. The molecule has 0 aliphatic rings. The SMILES string of the molecule is CCOc1ccc(C(C)NC(=O)c2ccc(Cn3ccccc3=O)o2)cc1OCC. The van der Waals surface area contributed by atoms with Gasteiger partial charge in [0.25, 0.3) is 11.5 Å². The van der Waals surface area contributed by atoms with Gasteiger partial charge in [-0.25, -0.2) is 0 Å². The first-order chi connectivity index (χ1) is 14.5. The Hall–Kier alpha value is -3.48. The Kier molecular flexibility index (Phi) is 6.95. The van der Waals surface area contributed by atoms with Gasteiger partial charge in [-0.1, -0.05) is 12.1 Å². The van der Waals surface area contributed by atoms with Gasteiger partial charge in [0.1, 0.15) is 5.76 Å². The van der Waals surface area contributed by atoms with Crippen LogP contribution in [0.5, 0.6) is 11.5 Å². The second kappa shape index (κ2) is 9.82. The molecular formula is C23H26N2O5. The second-order valence-corrected chi connectivity index (χ2v) is 6.70. The van der Waals surface area contributed by atoms with Crippen molar-refractivity contribution in [3.05, 3.63) is 82.2 Å². The standard InChI is InChI=1S/C23H26N2O5/c1-4-28-19-11-9-17(14-21(19)29-5-2)16(3)24-23(27)20-12-10-18(30-20)15-25-13-7-6-8-22(25)26/h6-14,16H,4-5,15H2,1-3H3,(H,24,27). The molecule has 30 heavy (non-hydrogen) atoms. The number of pyridine rings is 1. The minimum atomic E-state index is -0.332. The largest absolute Gasteiger partial charge is 0.490 e. The molecule has 7 heteroatoms. The van der Waals surface area contributed by atoms with E-state index in [4.69, 9.17) is 13.9 Å². The number of hydrogen-bond acceptors (Lipinski definition) is 5. The van der Waals surface area contributed by atoms with Gasteiger partial charge in [0.05, 0.1) is 25.8 Å². The Bertz CT molecular complexity index is 1050. The van der Waals surface area contributed by atoms with Crippen LogP contribution in [0.25, 0.3) is 0 Å². The summed E-state index contributed by atoms with van der Waals surface area (Å²) in [7, 11) is 0. The molecule has 0 radical (unpaired) electrons. The van der Waals surface area contributed by atoms with Crippen molar-refractivity contribution in [2.24, 2.45) is 0 Å². The number of hydrogen-bond donors (Lipinski definition) is 1. The highest BCUT2D eigenvalue weighted by molar-refractivity contribution is 5.91. The highest BCUT2D eigenvalue weighted by Gasteiger charge is 2.17. The molecule has 1 aromatic carbocycles. The molecule has 0 spiro atoms. The van der Waals surface area contributed by atoms with E-state index in [1.165, 1.54) is 10.6 Å². The van der Waals surface area contributed by atoms with Gasteiger partial charge in [-0.3, -0.25) is 9.59 Å². The molecule has 7 nitrogen and oxygen atoms in total. The molecule has 0 aliphatic carbocycles. The van der Waals surface area contributed by atoms with Gasteiger partial charge in [0.15, 0.2) is 17.3 Å². The van der Waals surface area contributed by atoms with Gasteiger partial charge < -0.3 is 23.8 Å². The van der Waals surface area contributed by atoms with Crippen LogP contribution in [0, 0.1) is 0 Å². The fourth-order valence-corrected chi connectivity index (χ4v) is 3.03. The first-order valence-electron chi connectivity index (χ1n) is 9.96. The molecule has 0 saturated heterocycles. The normalized spacial score (nSPS) is 11.7. The molecule has 0 aliphatic heterocycles. The third-order valence-electron chi connectivity index (χ3n) is 4.53. The van der Waals surface area contributed by atoms with Crippen LogP contribution in [0.2, 0.25) is 0 Å². The average Bonchev–Trinajstić information content (AvgIpc) is 3.20. The van der Waals surface area contributed by atoms with Crippen LogP contribution in [-0.2, 0) is 6.54 Å². The van der Waals surface area contributed by atoms with E-state index in [0.717, 1.165) is 5.56 Å². The van der Waals surface area contributed by atoms with Crippen molar-refractivity contribution in [2.75, 3.05) is 13.2 Å². The Morgan fingerprint density at radius 3 is 2.57 bits per heavy atom. The average molecular weight is 410 g/mol. The number of carbonyl (C=O) groups is 1. The highest BCUT2D eigenvalue weighted by Crippen LogP contribution is 2.30. The molecule has 3 rings (SSSR count). The van der Waals surface area contributed by atoms with E-state index in [1.54, 1.807) is 30.5 Å². The summed E-state index contributed by atoms with van der Waals surface area (Å²) >= 11 is 0. The number of nitrogens with zero attached hydrogens (tertiary/aromatic N) is 1. The predicted molar refractivity (Wildman–Crippen MR) is 113 cm³/mol. The molecule has 1 amide bonds. The van der Waals surface area contributed by atoms with Gasteiger partial charge in [-0.05, 0) is 56.7 Å². The summed E-state index contributed by atoms with van der Waals surface area (Å²) in [6, 6.07) is 13.6. The lowest BCUT2D eigenvalue weighted by atomic mass is 10.1. The van der Waals surface area contributed by atoms with Crippen molar-refractivity contribution in [3.63, 3.8) is 0 Å². The van der Waals surface area contributed by atoms with Crippen LogP contribution in [0.4, 0.5) is 0 Å². The first-order valence-corrected chi connectivity index (χ1v) is 9.96. The molecule has 1 unspecified atom stereocenters. The van der Waals surface area contributed by atoms with Gasteiger partial charge in [0.2, 0.25) is 0 Å². The summed E-state index contributed by atoms with van der Waals surface area (Å²) in [5, 5.41) is 2.92. The summed E-state index contributed by atoms with van der Waals surface area (Å²) in [5.74, 6) is 1.71. The monoisotopic (exact) mass is 410 g/mol. The molecule has 158 valence electrons. The number of amides is 1. The zero-order chi connectivity index (χ0) is 21.5. The number of carbonyl (C=O) groups excluding carboxylic acids is 1. The maximum atomic E-state index is 12.6.